The van der Waals surface area contributed by atoms with Gasteiger partial charge in [-0.15, -0.1) is 11.3 Å². The zero-order valence-corrected chi connectivity index (χ0v) is 12.3. The number of Topliss-reactive ketones (excluding diaryl/α,β-unsaturated/α-hetero) is 1. The smallest absolute Gasteiger partial charge is 0.141 e. The Bertz CT molecular complexity index is 563. The van der Waals surface area contributed by atoms with Crippen molar-refractivity contribution in [3.05, 3.63) is 51.2 Å². The SMILES string of the molecule is Cc1cccc(OCCC(=O)Cc2ccc(Cl)s2)c1. The number of ether oxygens (including phenoxy) is 1. The van der Waals surface area contributed by atoms with Gasteiger partial charge in [-0.25, -0.2) is 0 Å². The Kier molecular flexibility index (Phi) is 5.00. The zero-order valence-electron chi connectivity index (χ0n) is 10.7. The van der Waals surface area contributed by atoms with E-state index in [1.165, 1.54) is 11.3 Å². The number of halogens is 1. The van der Waals surface area contributed by atoms with E-state index in [9.17, 15) is 4.79 Å². The van der Waals surface area contributed by atoms with E-state index in [0.29, 0.717) is 19.4 Å². The van der Waals surface area contributed by atoms with Crippen LogP contribution in [0.5, 0.6) is 5.75 Å². The first-order valence-electron chi connectivity index (χ1n) is 6.09. The van der Waals surface area contributed by atoms with Gasteiger partial charge in [-0.2, -0.15) is 0 Å². The number of hydrogen-bond acceptors (Lipinski definition) is 3. The maximum Gasteiger partial charge on any atom is 0.141 e. The largest absolute Gasteiger partial charge is 0.493 e. The number of carbonyl (C=O) groups excluding carboxylic acids is 1. The molecule has 0 atom stereocenters. The summed E-state index contributed by atoms with van der Waals surface area (Å²) in [7, 11) is 0. The Morgan fingerprint density at radius 3 is 2.84 bits per heavy atom. The first-order valence-corrected chi connectivity index (χ1v) is 7.28. The van der Waals surface area contributed by atoms with Crippen LogP contribution in [0.4, 0.5) is 0 Å². The minimum atomic E-state index is 0.172. The van der Waals surface area contributed by atoms with Crippen LogP contribution in [0.3, 0.4) is 0 Å². The summed E-state index contributed by atoms with van der Waals surface area (Å²) in [6.07, 6.45) is 0.859. The number of aryl methyl sites for hydroxylation is 1. The summed E-state index contributed by atoms with van der Waals surface area (Å²) >= 11 is 7.28. The monoisotopic (exact) mass is 294 g/mol. The van der Waals surface area contributed by atoms with Crippen molar-refractivity contribution in [2.45, 2.75) is 19.8 Å². The molecule has 0 unspecified atom stereocenters. The lowest BCUT2D eigenvalue weighted by Crippen LogP contribution is -2.08. The van der Waals surface area contributed by atoms with E-state index in [1.807, 2.05) is 43.3 Å². The van der Waals surface area contributed by atoms with Gasteiger partial charge in [0.15, 0.2) is 0 Å². The molecule has 0 fully saturated rings. The minimum Gasteiger partial charge on any atom is -0.493 e. The van der Waals surface area contributed by atoms with Crippen LogP contribution in [-0.2, 0) is 11.2 Å². The van der Waals surface area contributed by atoms with Crippen LogP contribution in [0.1, 0.15) is 16.9 Å². The molecule has 0 spiro atoms. The maximum atomic E-state index is 11.8. The number of thiophene rings is 1. The van der Waals surface area contributed by atoms with Crippen molar-refractivity contribution in [2.75, 3.05) is 6.61 Å². The van der Waals surface area contributed by atoms with E-state index in [1.54, 1.807) is 0 Å². The maximum absolute atomic E-state index is 11.8. The van der Waals surface area contributed by atoms with Gasteiger partial charge in [-0.1, -0.05) is 23.7 Å². The van der Waals surface area contributed by atoms with Crippen LogP contribution in [0, 0.1) is 6.92 Å². The van der Waals surface area contributed by atoms with E-state index in [0.717, 1.165) is 20.5 Å². The third-order valence-corrected chi connectivity index (χ3v) is 3.87. The molecule has 1 aromatic heterocycles. The van der Waals surface area contributed by atoms with Gasteiger partial charge in [0.25, 0.3) is 0 Å². The average molecular weight is 295 g/mol. The Balaban J connectivity index is 1.75. The normalized spacial score (nSPS) is 10.4. The van der Waals surface area contributed by atoms with Crippen molar-refractivity contribution in [1.82, 2.24) is 0 Å². The molecule has 2 rings (SSSR count). The van der Waals surface area contributed by atoms with Gasteiger partial charge in [-0.3, -0.25) is 4.79 Å². The fourth-order valence-corrected chi connectivity index (χ4v) is 2.83. The molecule has 0 aliphatic heterocycles. The zero-order chi connectivity index (χ0) is 13.7. The van der Waals surface area contributed by atoms with Gasteiger partial charge in [-0.05, 0) is 36.8 Å². The molecular weight excluding hydrogens is 280 g/mol. The van der Waals surface area contributed by atoms with Crippen LogP contribution in [-0.4, -0.2) is 12.4 Å². The summed E-state index contributed by atoms with van der Waals surface area (Å²) in [6.45, 7) is 2.43. The summed E-state index contributed by atoms with van der Waals surface area (Å²) in [5, 5.41) is 0. The molecule has 0 saturated heterocycles. The fourth-order valence-electron chi connectivity index (χ4n) is 1.72. The topological polar surface area (TPSA) is 26.3 Å². The highest BCUT2D eigenvalue weighted by atomic mass is 35.5. The van der Waals surface area contributed by atoms with Crippen molar-refractivity contribution in [1.29, 1.82) is 0 Å². The van der Waals surface area contributed by atoms with Crippen LogP contribution >= 0.6 is 22.9 Å². The molecule has 0 amide bonds. The predicted octanol–water partition coefficient (Wildman–Crippen LogP) is 4.29. The molecule has 1 aromatic carbocycles. The van der Waals surface area contributed by atoms with Crippen LogP contribution < -0.4 is 4.74 Å². The van der Waals surface area contributed by atoms with Crippen LogP contribution in [0.15, 0.2) is 36.4 Å². The number of carbonyl (C=O) groups is 1. The van der Waals surface area contributed by atoms with Crippen LogP contribution in [0.2, 0.25) is 4.34 Å². The highest BCUT2D eigenvalue weighted by molar-refractivity contribution is 7.16. The number of hydrogen-bond donors (Lipinski definition) is 0. The highest BCUT2D eigenvalue weighted by Crippen LogP contribution is 2.22. The lowest BCUT2D eigenvalue weighted by atomic mass is 10.2. The standard InChI is InChI=1S/C15H15ClO2S/c1-11-3-2-4-13(9-11)18-8-7-12(17)10-14-5-6-15(16)19-14/h2-6,9H,7-8,10H2,1H3. The molecule has 100 valence electrons. The molecule has 1 heterocycles. The molecule has 2 nitrogen and oxygen atoms in total. The molecule has 0 saturated carbocycles. The summed E-state index contributed by atoms with van der Waals surface area (Å²) in [5.74, 6) is 0.984. The number of benzene rings is 1. The second-order valence-corrected chi connectivity index (χ2v) is 6.14. The second kappa shape index (κ2) is 6.73. The summed E-state index contributed by atoms with van der Waals surface area (Å²) in [6, 6.07) is 11.5. The summed E-state index contributed by atoms with van der Waals surface area (Å²) in [5.41, 5.74) is 1.15. The molecule has 2 aromatic rings. The average Bonchev–Trinajstić information content (AvgIpc) is 2.75. The van der Waals surface area contributed by atoms with Gasteiger partial charge >= 0.3 is 0 Å². The predicted molar refractivity (Wildman–Crippen MR) is 79.3 cm³/mol. The van der Waals surface area contributed by atoms with Crippen LogP contribution in [0.25, 0.3) is 0 Å². The molecule has 0 aliphatic rings. The lowest BCUT2D eigenvalue weighted by molar-refractivity contribution is -0.118. The van der Waals surface area contributed by atoms with Gasteiger partial charge in [0.05, 0.1) is 10.9 Å². The Morgan fingerprint density at radius 1 is 1.32 bits per heavy atom. The quantitative estimate of drug-likeness (QED) is 0.794. The summed E-state index contributed by atoms with van der Waals surface area (Å²) < 4.78 is 6.28. The van der Waals surface area contributed by atoms with Crippen molar-refractivity contribution >= 4 is 28.7 Å². The molecular formula is C15H15ClO2S. The van der Waals surface area contributed by atoms with Gasteiger partial charge in [0.2, 0.25) is 0 Å². The molecule has 19 heavy (non-hydrogen) atoms. The first-order chi connectivity index (χ1) is 9.13. The summed E-state index contributed by atoms with van der Waals surface area (Å²) in [4.78, 5) is 12.8. The highest BCUT2D eigenvalue weighted by Gasteiger charge is 2.06. The first kappa shape index (κ1) is 14.1. The van der Waals surface area contributed by atoms with Gasteiger partial charge in [0, 0.05) is 17.7 Å². The van der Waals surface area contributed by atoms with E-state index >= 15 is 0 Å². The van der Waals surface area contributed by atoms with E-state index in [-0.39, 0.29) is 5.78 Å². The lowest BCUT2D eigenvalue weighted by Gasteiger charge is -2.06. The Morgan fingerprint density at radius 2 is 2.16 bits per heavy atom. The van der Waals surface area contributed by atoms with Crippen molar-refractivity contribution in [3.8, 4) is 5.75 Å². The van der Waals surface area contributed by atoms with Crippen molar-refractivity contribution in [2.24, 2.45) is 0 Å². The molecule has 0 N–H and O–H groups in total. The van der Waals surface area contributed by atoms with Gasteiger partial charge in [0.1, 0.15) is 11.5 Å². The van der Waals surface area contributed by atoms with Crippen molar-refractivity contribution < 1.29 is 9.53 Å². The Labute approximate surface area is 122 Å². The Hall–Kier alpha value is -1.32. The molecule has 0 aliphatic carbocycles. The molecule has 4 heteroatoms. The second-order valence-electron chi connectivity index (χ2n) is 4.34. The van der Waals surface area contributed by atoms with E-state index in [4.69, 9.17) is 16.3 Å². The minimum absolute atomic E-state index is 0.172. The fraction of sp³-hybridized carbons (Fsp3) is 0.267. The third kappa shape index (κ3) is 4.69. The molecule has 0 radical (unpaired) electrons. The van der Waals surface area contributed by atoms with Gasteiger partial charge < -0.3 is 4.74 Å². The molecule has 0 bridgehead atoms. The third-order valence-electron chi connectivity index (χ3n) is 2.64. The van der Waals surface area contributed by atoms with E-state index < -0.39 is 0 Å². The van der Waals surface area contributed by atoms with E-state index in [2.05, 4.69) is 0 Å². The van der Waals surface area contributed by atoms with Crippen molar-refractivity contribution in [3.63, 3.8) is 0 Å². The number of rotatable bonds is 6. The number of ketones is 1.